The average molecular weight is 266 g/mol. The van der Waals surface area contributed by atoms with Crippen molar-refractivity contribution in [1.82, 2.24) is 10.6 Å². The van der Waals surface area contributed by atoms with Crippen LogP contribution in [0.5, 0.6) is 0 Å². The van der Waals surface area contributed by atoms with Crippen LogP contribution in [0.25, 0.3) is 0 Å². The first-order chi connectivity index (χ1) is 9.06. The van der Waals surface area contributed by atoms with Crippen LogP contribution in [0.3, 0.4) is 0 Å². The molecule has 1 aliphatic heterocycles. The van der Waals surface area contributed by atoms with Crippen molar-refractivity contribution < 1.29 is 4.79 Å². The molecule has 3 heteroatoms. The van der Waals surface area contributed by atoms with E-state index in [0.29, 0.717) is 18.0 Å². The van der Waals surface area contributed by atoms with E-state index in [1.807, 2.05) is 0 Å². The lowest BCUT2D eigenvalue weighted by atomic mass is 9.79. The Labute approximate surface area is 117 Å². The molecule has 0 radical (unpaired) electrons. The van der Waals surface area contributed by atoms with Crippen LogP contribution in [0, 0.1) is 17.8 Å². The van der Waals surface area contributed by atoms with Crippen LogP contribution >= 0.6 is 0 Å². The zero-order valence-electron chi connectivity index (χ0n) is 12.7. The van der Waals surface area contributed by atoms with E-state index in [-0.39, 0.29) is 5.92 Å². The minimum Gasteiger partial charge on any atom is -0.353 e. The van der Waals surface area contributed by atoms with E-state index < -0.39 is 0 Å². The molecule has 1 amide bonds. The Hall–Kier alpha value is -0.570. The van der Waals surface area contributed by atoms with E-state index in [9.17, 15) is 4.79 Å². The fourth-order valence-corrected chi connectivity index (χ4v) is 3.62. The van der Waals surface area contributed by atoms with Gasteiger partial charge in [0.15, 0.2) is 0 Å². The number of nitrogens with one attached hydrogen (secondary N) is 2. The summed E-state index contributed by atoms with van der Waals surface area (Å²) >= 11 is 0. The van der Waals surface area contributed by atoms with Gasteiger partial charge < -0.3 is 10.6 Å². The van der Waals surface area contributed by atoms with Crippen LogP contribution < -0.4 is 10.6 Å². The minimum atomic E-state index is 0.235. The fraction of sp³-hybridized carbons (Fsp3) is 0.938. The molecule has 2 atom stereocenters. The van der Waals surface area contributed by atoms with Crippen molar-refractivity contribution in [3.63, 3.8) is 0 Å². The highest BCUT2D eigenvalue weighted by molar-refractivity contribution is 5.79. The Morgan fingerprint density at radius 2 is 1.84 bits per heavy atom. The monoisotopic (exact) mass is 266 g/mol. The zero-order valence-corrected chi connectivity index (χ0v) is 12.7. The standard InChI is InChI=1S/C16H30N2O/c1-11(2)13-4-6-15(7-5-13)18-16(19)14-8-9-17-12(3)10-14/h11-15,17H,4-10H2,1-3H3,(H,18,19)/t12-,13?,14-,15?/m0/s1. The average Bonchev–Trinajstić information content (AvgIpc) is 2.39. The predicted octanol–water partition coefficient (Wildman–Crippen LogP) is 2.71. The van der Waals surface area contributed by atoms with Gasteiger partial charge in [0.25, 0.3) is 0 Å². The molecular weight excluding hydrogens is 236 g/mol. The third kappa shape index (κ3) is 4.20. The van der Waals surface area contributed by atoms with Crippen molar-refractivity contribution >= 4 is 5.91 Å². The molecule has 1 aliphatic carbocycles. The van der Waals surface area contributed by atoms with Gasteiger partial charge in [-0.1, -0.05) is 13.8 Å². The normalized spacial score (nSPS) is 36.2. The number of carbonyl (C=O) groups is 1. The maximum atomic E-state index is 12.3. The third-order valence-electron chi connectivity index (χ3n) is 5.06. The van der Waals surface area contributed by atoms with E-state index in [2.05, 4.69) is 31.4 Å². The molecule has 1 saturated carbocycles. The molecule has 2 N–H and O–H groups in total. The number of carbonyl (C=O) groups excluding carboxylic acids is 1. The van der Waals surface area contributed by atoms with Crippen LogP contribution in [0.15, 0.2) is 0 Å². The van der Waals surface area contributed by atoms with Crippen LogP contribution in [0.2, 0.25) is 0 Å². The van der Waals surface area contributed by atoms with Crippen molar-refractivity contribution in [1.29, 1.82) is 0 Å². The second-order valence-electron chi connectivity index (χ2n) is 6.94. The largest absolute Gasteiger partial charge is 0.353 e. The summed E-state index contributed by atoms with van der Waals surface area (Å²) in [6.45, 7) is 7.80. The maximum Gasteiger partial charge on any atom is 0.223 e. The molecular formula is C16H30N2O. The van der Waals surface area contributed by atoms with E-state index in [1.54, 1.807) is 0 Å². The number of amides is 1. The van der Waals surface area contributed by atoms with Crippen molar-refractivity contribution in [3.05, 3.63) is 0 Å². The van der Waals surface area contributed by atoms with Gasteiger partial charge in [0.2, 0.25) is 5.91 Å². The van der Waals surface area contributed by atoms with E-state index in [4.69, 9.17) is 0 Å². The van der Waals surface area contributed by atoms with Crippen molar-refractivity contribution in [2.75, 3.05) is 6.54 Å². The van der Waals surface area contributed by atoms with Gasteiger partial charge in [0, 0.05) is 18.0 Å². The Kier molecular flexibility index (Phi) is 5.26. The first-order valence-electron chi connectivity index (χ1n) is 8.10. The van der Waals surface area contributed by atoms with Crippen LogP contribution in [-0.2, 0) is 4.79 Å². The lowest BCUT2D eigenvalue weighted by molar-refractivity contribution is -0.127. The molecule has 0 aromatic carbocycles. The number of hydrogen-bond donors (Lipinski definition) is 2. The fourth-order valence-electron chi connectivity index (χ4n) is 3.62. The van der Waals surface area contributed by atoms with Gasteiger partial charge in [0.05, 0.1) is 0 Å². The summed E-state index contributed by atoms with van der Waals surface area (Å²) in [5.74, 6) is 2.20. The highest BCUT2D eigenvalue weighted by Gasteiger charge is 2.28. The smallest absolute Gasteiger partial charge is 0.223 e. The highest BCUT2D eigenvalue weighted by atomic mass is 16.1. The topological polar surface area (TPSA) is 41.1 Å². The summed E-state index contributed by atoms with van der Waals surface area (Å²) in [4.78, 5) is 12.3. The third-order valence-corrected chi connectivity index (χ3v) is 5.06. The molecule has 110 valence electrons. The van der Waals surface area contributed by atoms with Gasteiger partial charge in [-0.3, -0.25) is 4.79 Å². The molecule has 2 aliphatic rings. The Balaban J connectivity index is 1.74. The maximum absolute atomic E-state index is 12.3. The predicted molar refractivity (Wildman–Crippen MR) is 78.9 cm³/mol. The Morgan fingerprint density at radius 3 is 2.42 bits per heavy atom. The van der Waals surface area contributed by atoms with Gasteiger partial charge in [-0.05, 0) is 63.8 Å². The second kappa shape index (κ2) is 6.74. The molecule has 0 bridgehead atoms. The van der Waals surface area contributed by atoms with Gasteiger partial charge in [-0.2, -0.15) is 0 Å². The second-order valence-corrected chi connectivity index (χ2v) is 6.94. The van der Waals surface area contributed by atoms with Gasteiger partial charge in [0.1, 0.15) is 0 Å². The molecule has 2 rings (SSSR count). The molecule has 2 fully saturated rings. The summed E-state index contributed by atoms with van der Waals surface area (Å²) in [5.41, 5.74) is 0. The summed E-state index contributed by atoms with van der Waals surface area (Å²) in [6.07, 6.45) is 6.91. The molecule has 0 spiro atoms. The number of rotatable bonds is 3. The first kappa shape index (κ1) is 14.8. The molecule has 0 aromatic heterocycles. The van der Waals surface area contributed by atoms with Crippen LogP contribution in [-0.4, -0.2) is 24.5 Å². The van der Waals surface area contributed by atoms with E-state index in [1.165, 1.54) is 25.7 Å². The lowest BCUT2D eigenvalue weighted by Gasteiger charge is -2.33. The summed E-state index contributed by atoms with van der Waals surface area (Å²) < 4.78 is 0. The van der Waals surface area contributed by atoms with Crippen LogP contribution in [0.1, 0.15) is 59.3 Å². The summed E-state index contributed by atoms with van der Waals surface area (Å²) in [5, 5.41) is 6.71. The van der Waals surface area contributed by atoms with E-state index in [0.717, 1.165) is 31.2 Å². The molecule has 0 unspecified atom stereocenters. The number of hydrogen-bond acceptors (Lipinski definition) is 2. The quantitative estimate of drug-likeness (QED) is 0.824. The minimum absolute atomic E-state index is 0.235. The summed E-state index contributed by atoms with van der Waals surface area (Å²) in [7, 11) is 0. The summed E-state index contributed by atoms with van der Waals surface area (Å²) in [6, 6.07) is 0.925. The highest BCUT2D eigenvalue weighted by Crippen LogP contribution is 2.30. The zero-order chi connectivity index (χ0) is 13.8. The molecule has 3 nitrogen and oxygen atoms in total. The van der Waals surface area contributed by atoms with Crippen molar-refractivity contribution in [3.8, 4) is 0 Å². The van der Waals surface area contributed by atoms with Gasteiger partial charge in [-0.15, -0.1) is 0 Å². The Morgan fingerprint density at radius 1 is 1.16 bits per heavy atom. The Bertz CT molecular complexity index is 295. The first-order valence-corrected chi connectivity index (χ1v) is 8.10. The lowest BCUT2D eigenvalue weighted by Crippen LogP contribution is -2.46. The van der Waals surface area contributed by atoms with Crippen molar-refractivity contribution in [2.45, 2.75) is 71.4 Å². The molecule has 0 aromatic rings. The molecule has 1 heterocycles. The van der Waals surface area contributed by atoms with Crippen molar-refractivity contribution in [2.24, 2.45) is 17.8 Å². The number of piperidine rings is 1. The van der Waals surface area contributed by atoms with Gasteiger partial charge in [-0.25, -0.2) is 0 Å². The molecule has 1 saturated heterocycles. The SMILES string of the molecule is CC(C)C1CCC(NC(=O)[C@H]2CCN[C@@H](C)C2)CC1. The van der Waals surface area contributed by atoms with E-state index >= 15 is 0 Å². The molecule has 19 heavy (non-hydrogen) atoms. The van der Waals surface area contributed by atoms with Gasteiger partial charge >= 0.3 is 0 Å². The van der Waals surface area contributed by atoms with Crippen LogP contribution in [0.4, 0.5) is 0 Å².